The molecule has 0 aliphatic heterocycles. The summed E-state index contributed by atoms with van der Waals surface area (Å²) in [5.74, 6) is 0. The standard InChI is InChI=1S/C14H23N3S/c1-2-16-12-7-5-3-4-6-8-13(12)18-14-11-15-9-10-17-14/h9-13,16H,2-8H2,1H3. The molecule has 1 aromatic heterocycles. The molecule has 2 unspecified atom stereocenters. The van der Waals surface area contributed by atoms with Crippen LogP contribution in [0.4, 0.5) is 0 Å². The minimum absolute atomic E-state index is 0.627. The van der Waals surface area contributed by atoms with Crippen LogP contribution in [-0.2, 0) is 0 Å². The van der Waals surface area contributed by atoms with Crippen molar-refractivity contribution in [1.29, 1.82) is 0 Å². The van der Waals surface area contributed by atoms with E-state index in [0.29, 0.717) is 11.3 Å². The lowest BCUT2D eigenvalue weighted by atomic mass is 9.96. The van der Waals surface area contributed by atoms with Crippen LogP contribution in [0.1, 0.15) is 45.4 Å². The summed E-state index contributed by atoms with van der Waals surface area (Å²) in [5.41, 5.74) is 0. The number of rotatable bonds is 4. The van der Waals surface area contributed by atoms with E-state index in [0.717, 1.165) is 11.6 Å². The lowest BCUT2D eigenvalue weighted by Crippen LogP contribution is -2.38. The molecule has 1 heterocycles. The van der Waals surface area contributed by atoms with E-state index in [1.54, 1.807) is 12.4 Å². The van der Waals surface area contributed by atoms with Gasteiger partial charge in [-0.2, -0.15) is 0 Å². The largest absolute Gasteiger partial charge is 0.313 e. The minimum Gasteiger partial charge on any atom is -0.313 e. The number of nitrogens with one attached hydrogen (secondary N) is 1. The molecular weight excluding hydrogens is 242 g/mol. The van der Waals surface area contributed by atoms with Crippen LogP contribution in [0.25, 0.3) is 0 Å². The number of thioether (sulfide) groups is 1. The lowest BCUT2D eigenvalue weighted by Gasteiger charge is -2.29. The lowest BCUT2D eigenvalue weighted by molar-refractivity contribution is 0.406. The van der Waals surface area contributed by atoms with Gasteiger partial charge in [-0.1, -0.05) is 44.4 Å². The third-order valence-corrected chi connectivity index (χ3v) is 4.80. The highest BCUT2D eigenvalue weighted by molar-refractivity contribution is 7.99. The maximum Gasteiger partial charge on any atom is 0.115 e. The van der Waals surface area contributed by atoms with Gasteiger partial charge >= 0.3 is 0 Å². The van der Waals surface area contributed by atoms with Crippen molar-refractivity contribution in [2.24, 2.45) is 0 Å². The molecule has 18 heavy (non-hydrogen) atoms. The van der Waals surface area contributed by atoms with Gasteiger partial charge in [-0.25, -0.2) is 4.98 Å². The van der Waals surface area contributed by atoms with Crippen LogP contribution in [0.3, 0.4) is 0 Å². The fourth-order valence-electron chi connectivity index (χ4n) is 2.59. The molecule has 1 N–H and O–H groups in total. The first kappa shape index (κ1) is 13.8. The molecule has 4 heteroatoms. The monoisotopic (exact) mass is 265 g/mol. The van der Waals surface area contributed by atoms with Crippen LogP contribution >= 0.6 is 11.8 Å². The van der Waals surface area contributed by atoms with E-state index in [9.17, 15) is 0 Å². The minimum atomic E-state index is 0.627. The van der Waals surface area contributed by atoms with Gasteiger partial charge in [0.1, 0.15) is 5.03 Å². The molecule has 1 aliphatic rings. The summed E-state index contributed by atoms with van der Waals surface area (Å²) in [7, 11) is 0. The normalized spacial score (nSPS) is 25.4. The summed E-state index contributed by atoms with van der Waals surface area (Å²) in [6.07, 6.45) is 13.5. The van der Waals surface area contributed by atoms with Gasteiger partial charge in [0.15, 0.2) is 0 Å². The Hall–Kier alpha value is -0.610. The van der Waals surface area contributed by atoms with Crippen LogP contribution in [0, 0.1) is 0 Å². The summed E-state index contributed by atoms with van der Waals surface area (Å²) < 4.78 is 0. The first-order chi connectivity index (χ1) is 8.90. The average molecular weight is 265 g/mol. The van der Waals surface area contributed by atoms with Gasteiger partial charge in [-0.05, 0) is 19.4 Å². The Labute approximate surface area is 114 Å². The fourth-order valence-corrected chi connectivity index (χ4v) is 3.82. The van der Waals surface area contributed by atoms with Crippen molar-refractivity contribution in [2.75, 3.05) is 6.54 Å². The molecule has 0 aromatic carbocycles. The number of nitrogens with zero attached hydrogens (tertiary/aromatic N) is 2. The molecule has 2 atom stereocenters. The topological polar surface area (TPSA) is 37.8 Å². The number of hydrogen-bond donors (Lipinski definition) is 1. The smallest absolute Gasteiger partial charge is 0.115 e. The molecular formula is C14H23N3S. The van der Waals surface area contributed by atoms with Gasteiger partial charge in [0.25, 0.3) is 0 Å². The molecule has 1 fully saturated rings. The van der Waals surface area contributed by atoms with Gasteiger partial charge < -0.3 is 5.32 Å². The summed E-state index contributed by atoms with van der Waals surface area (Å²) in [6, 6.07) is 0.627. The molecule has 1 saturated carbocycles. The Bertz CT molecular complexity index is 331. The van der Waals surface area contributed by atoms with E-state index in [2.05, 4.69) is 22.2 Å². The molecule has 2 rings (SSSR count). The number of hydrogen-bond acceptors (Lipinski definition) is 4. The van der Waals surface area contributed by atoms with Crippen molar-refractivity contribution in [2.45, 2.75) is 61.8 Å². The summed E-state index contributed by atoms with van der Waals surface area (Å²) in [4.78, 5) is 8.55. The van der Waals surface area contributed by atoms with Crippen molar-refractivity contribution in [3.8, 4) is 0 Å². The Morgan fingerprint density at radius 3 is 2.78 bits per heavy atom. The predicted molar refractivity (Wildman–Crippen MR) is 76.8 cm³/mol. The molecule has 0 amide bonds. The van der Waals surface area contributed by atoms with E-state index in [1.807, 2.05) is 18.0 Å². The summed E-state index contributed by atoms with van der Waals surface area (Å²) in [6.45, 7) is 3.25. The third-order valence-electron chi connectivity index (χ3n) is 3.48. The summed E-state index contributed by atoms with van der Waals surface area (Å²) >= 11 is 1.90. The van der Waals surface area contributed by atoms with Crippen molar-refractivity contribution in [3.63, 3.8) is 0 Å². The second-order valence-corrected chi connectivity index (χ2v) is 6.12. The summed E-state index contributed by atoms with van der Waals surface area (Å²) in [5, 5.41) is 5.36. The Balaban J connectivity index is 1.99. The maximum atomic E-state index is 4.39. The molecule has 3 nitrogen and oxygen atoms in total. The van der Waals surface area contributed by atoms with E-state index in [1.165, 1.54) is 38.5 Å². The zero-order valence-electron chi connectivity index (χ0n) is 11.1. The zero-order chi connectivity index (χ0) is 12.6. The SMILES string of the molecule is CCNC1CCCCCCC1Sc1cnccn1. The third kappa shape index (κ3) is 4.25. The van der Waals surface area contributed by atoms with Crippen LogP contribution in [-0.4, -0.2) is 27.8 Å². The molecule has 100 valence electrons. The highest BCUT2D eigenvalue weighted by atomic mass is 32.2. The van der Waals surface area contributed by atoms with Crippen molar-refractivity contribution >= 4 is 11.8 Å². The maximum absolute atomic E-state index is 4.39. The van der Waals surface area contributed by atoms with Gasteiger partial charge in [0, 0.05) is 23.7 Å². The molecule has 0 bridgehead atoms. The Morgan fingerprint density at radius 2 is 2.06 bits per heavy atom. The Morgan fingerprint density at radius 1 is 1.22 bits per heavy atom. The van der Waals surface area contributed by atoms with Gasteiger partial charge in [-0.15, -0.1) is 0 Å². The van der Waals surface area contributed by atoms with Gasteiger partial charge in [-0.3, -0.25) is 4.98 Å². The van der Waals surface area contributed by atoms with Crippen molar-refractivity contribution in [3.05, 3.63) is 18.6 Å². The van der Waals surface area contributed by atoms with Crippen LogP contribution < -0.4 is 5.32 Å². The fraction of sp³-hybridized carbons (Fsp3) is 0.714. The molecule has 1 aromatic rings. The quantitative estimate of drug-likeness (QED) is 0.906. The first-order valence-electron chi connectivity index (χ1n) is 7.06. The molecule has 1 aliphatic carbocycles. The highest BCUT2D eigenvalue weighted by Crippen LogP contribution is 2.31. The average Bonchev–Trinajstić information content (AvgIpc) is 2.38. The molecule has 0 radical (unpaired) electrons. The first-order valence-corrected chi connectivity index (χ1v) is 7.94. The van der Waals surface area contributed by atoms with Crippen LogP contribution in [0.15, 0.2) is 23.6 Å². The second-order valence-electron chi connectivity index (χ2n) is 4.86. The van der Waals surface area contributed by atoms with Crippen LogP contribution in [0.5, 0.6) is 0 Å². The highest BCUT2D eigenvalue weighted by Gasteiger charge is 2.23. The second kappa shape index (κ2) is 7.74. The van der Waals surface area contributed by atoms with Crippen LogP contribution in [0.2, 0.25) is 0 Å². The van der Waals surface area contributed by atoms with E-state index in [-0.39, 0.29) is 0 Å². The predicted octanol–water partition coefficient (Wildman–Crippen LogP) is 3.27. The van der Waals surface area contributed by atoms with Gasteiger partial charge in [0.2, 0.25) is 0 Å². The molecule has 0 saturated heterocycles. The van der Waals surface area contributed by atoms with E-state index >= 15 is 0 Å². The number of aromatic nitrogens is 2. The Kier molecular flexibility index (Phi) is 5.94. The van der Waals surface area contributed by atoms with E-state index < -0.39 is 0 Å². The van der Waals surface area contributed by atoms with Gasteiger partial charge in [0.05, 0.1) is 6.20 Å². The van der Waals surface area contributed by atoms with Crippen molar-refractivity contribution < 1.29 is 0 Å². The van der Waals surface area contributed by atoms with E-state index in [4.69, 9.17) is 0 Å². The zero-order valence-corrected chi connectivity index (χ0v) is 12.0. The molecule has 0 spiro atoms. The van der Waals surface area contributed by atoms with Crippen molar-refractivity contribution in [1.82, 2.24) is 15.3 Å².